The van der Waals surface area contributed by atoms with Crippen molar-refractivity contribution in [2.75, 3.05) is 56.1 Å². The van der Waals surface area contributed by atoms with Gasteiger partial charge in [-0.2, -0.15) is 0 Å². The molecule has 0 amide bonds. The van der Waals surface area contributed by atoms with E-state index in [1.165, 1.54) is 0 Å². The average molecular weight is 333 g/mol. The molecule has 0 aromatic rings. The third-order valence-corrected chi connectivity index (χ3v) is 9.92. The molecule has 0 aromatic carbocycles. The predicted molar refractivity (Wildman–Crippen MR) is 93.4 cm³/mol. The molecule has 1 heterocycles. The summed E-state index contributed by atoms with van der Waals surface area (Å²) in [5, 5.41) is -0.412. The first kappa shape index (κ1) is 20.1. The molecule has 0 N–H and O–H groups in total. The Balaban J connectivity index is 3.56. The maximum absolute atomic E-state index is 6.35. The second kappa shape index (κ2) is 7.72. The zero-order valence-electron chi connectivity index (χ0n) is 15.9. The summed E-state index contributed by atoms with van der Waals surface area (Å²) in [5.41, 5.74) is -0.0583. The van der Waals surface area contributed by atoms with Crippen molar-refractivity contribution in [1.29, 1.82) is 0 Å². The van der Waals surface area contributed by atoms with Gasteiger partial charge >= 0.3 is 8.56 Å². The van der Waals surface area contributed by atoms with Crippen LogP contribution in [-0.2, 0) is 13.6 Å². The topological polar surface area (TPSA) is 34.2 Å². The summed E-state index contributed by atoms with van der Waals surface area (Å²) >= 11 is 0. The van der Waals surface area contributed by atoms with E-state index in [-0.39, 0.29) is 5.54 Å². The Bertz CT molecular complexity index is 346. The molecule has 0 aromatic heterocycles. The summed E-state index contributed by atoms with van der Waals surface area (Å²) < 4.78 is 18.6. The Morgan fingerprint density at radius 2 is 1.64 bits per heavy atom. The second-order valence-corrected chi connectivity index (χ2v) is 10.6. The fraction of sp³-hybridized carbons (Fsp3) is 1.00. The van der Waals surface area contributed by atoms with E-state index in [0.29, 0.717) is 0 Å². The number of likely N-dealkylation sites (N-methyl/N-ethyl adjacent to an activating group) is 2. The van der Waals surface area contributed by atoms with Gasteiger partial charge in [-0.15, -0.1) is 0 Å². The molecule has 22 heavy (non-hydrogen) atoms. The summed E-state index contributed by atoms with van der Waals surface area (Å²) in [6.07, 6.45) is 4.46. The zero-order valence-corrected chi connectivity index (χ0v) is 16.9. The van der Waals surface area contributed by atoms with Crippen LogP contribution >= 0.6 is 0 Å². The highest BCUT2D eigenvalue weighted by molar-refractivity contribution is 6.71. The zero-order chi connectivity index (χ0) is 17.0. The minimum absolute atomic E-state index is 0.0583. The van der Waals surface area contributed by atoms with Gasteiger partial charge in [-0.25, -0.2) is 0 Å². The highest BCUT2D eigenvalue weighted by atomic mass is 28.4. The van der Waals surface area contributed by atoms with Crippen LogP contribution in [0.3, 0.4) is 0 Å². The first-order valence-corrected chi connectivity index (χ1v) is 10.3. The van der Waals surface area contributed by atoms with Crippen LogP contribution < -0.4 is 0 Å². The lowest BCUT2D eigenvalue weighted by Gasteiger charge is -2.62. The number of methoxy groups -OCH3 is 1. The minimum atomic E-state index is -2.51. The highest BCUT2D eigenvalue weighted by Crippen LogP contribution is 2.50. The molecule has 0 saturated carbocycles. The normalized spacial score (nSPS) is 31.9. The Kier molecular flexibility index (Phi) is 7.04. The van der Waals surface area contributed by atoms with Crippen LogP contribution in [0.1, 0.15) is 32.6 Å². The van der Waals surface area contributed by atoms with Crippen LogP contribution in [0.25, 0.3) is 0 Å². The maximum Gasteiger partial charge on any atom is 0.374 e. The fourth-order valence-corrected chi connectivity index (χ4v) is 8.99. The van der Waals surface area contributed by atoms with Crippen molar-refractivity contribution in [3.63, 3.8) is 0 Å². The lowest BCUT2D eigenvalue weighted by atomic mass is 9.80. The van der Waals surface area contributed by atoms with Crippen LogP contribution in [0.15, 0.2) is 0 Å². The summed E-state index contributed by atoms with van der Waals surface area (Å²) in [5.74, 6) is 0. The van der Waals surface area contributed by atoms with Crippen molar-refractivity contribution in [2.24, 2.45) is 0 Å². The number of hydrogen-bond donors (Lipinski definition) is 0. The van der Waals surface area contributed by atoms with Crippen LogP contribution in [0.2, 0.25) is 6.04 Å². The molecule has 2 unspecified atom stereocenters. The van der Waals surface area contributed by atoms with Gasteiger partial charge in [0.25, 0.3) is 0 Å². The Morgan fingerprint density at radius 3 is 2.00 bits per heavy atom. The molecule has 6 heteroatoms. The largest absolute Gasteiger partial charge is 0.396 e. The molecular formula is C16H36N2O3Si. The molecule has 132 valence electrons. The van der Waals surface area contributed by atoms with Crippen molar-refractivity contribution in [3.05, 3.63) is 0 Å². The van der Waals surface area contributed by atoms with Crippen molar-refractivity contribution in [2.45, 2.75) is 49.4 Å². The molecule has 2 atom stereocenters. The quantitative estimate of drug-likeness (QED) is 0.636. The van der Waals surface area contributed by atoms with E-state index in [1.54, 1.807) is 14.2 Å². The summed E-state index contributed by atoms with van der Waals surface area (Å²) in [7, 11) is 11.5. The molecular weight excluding hydrogens is 296 g/mol. The van der Waals surface area contributed by atoms with E-state index in [1.807, 2.05) is 7.11 Å². The Hall–Kier alpha value is 0.0169. The second-order valence-electron chi connectivity index (χ2n) is 6.96. The third-order valence-electron chi connectivity index (χ3n) is 5.53. The van der Waals surface area contributed by atoms with E-state index in [4.69, 9.17) is 13.6 Å². The Morgan fingerprint density at radius 1 is 1.05 bits per heavy atom. The monoisotopic (exact) mass is 332 g/mol. The van der Waals surface area contributed by atoms with E-state index in [9.17, 15) is 0 Å². The molecule has 1 rings (SSSR count). The first-order valence-electron chi connectivity index (χ1n) is 8.29. The van der Waals surface area contributed by atoms with Crippen LogP contribution in [-0.4, -0.2) is 85.2 Å². The van der Waals surface area contributed by atoms with E-state index in [2.05, 4.69) is 44.9 Å². The van der Waals surface area contributed by atoms with E-state index in [0.717, 1.165) is 38.3 Å². The average Bonchev–Trinajstić information content (AvgIpc) is 2.48. The molecule has 1 fully saturated rings. The molecule has 1 saturated heterocycles. The standard InChI is InChI=1S/C16H36N2O3Si/c1-9-11-15(18(4)5)12-10-13-22(20-7,21-8)16(15,19-6)14-17(2)3/h9-14H2,1-8H3. The maximum atomic E-state index is 6.35. The van der Waals surface area contributed by atoms with Gasteiger partial charge in [0.2, 0.25) is 0 Å². The van der Waals surface area contributed by atoms with Crippen molar-refractivity contribution in [3.8, 4) is 0 Å². The first-order chi connectivity index (χ1) is 10.3. The molecule has 0 radical (unpaired) electrons. The van der Waals surface area contributed by atoms with Crippen LogP contribution in [0.4, 0.5) is 0 Å². The third kappa shape index (κ3) is 2.89. The Labute approximate surface area is 138 Å². The lowest BCUT2D eigenvalue weighted by Crippen LogP contribution is -2.81. The van der Waals surface area contributed by atoms with Gasteiger partial charge < -0.3 is 23.4 Å². The lowest BCUT2D eigenvalue weighted by molar-refractivity contribution is -0.125. The predicted octanol–water partition coefficient (Wildman–Crippen LogP) is 2.10. The number of rotatable bonds is 8. The summed E-state index contributed by atoms with van der Waals surface area (Å²) in [6.45, 7) is 3.06. The van der Waals surface area contributed by atoms with Crippen molar-refractivity contribution < 1.29 is 13.6 Å². The molecule has 1 aliphatic rings. The molecule has 0 aliphatic carbocycles. The van der Waals surface area contributed by atoms with E-state index < -0.39 is 13.8 Å². The minimum Gasteiger partial charge on any atom is -0.396 e. The van der Waals surface area contributed by atoms with Gasteiger partial charge in [0.1, 0.15) is 5.22 Å². The summed E-state index contributed by atoms with van der Waals surface area (Å²) in [6, 6.07) is 0.987. The molecule has 1 aliphatic heterocycles. The van der Waals surface area contributed by atoms with Crippen LogP contribution in [0, 0.1) is 0 Å². The summed E-state index contributed by atoms with van der Waals surface area (Å²) in [4.78, 5) is 4.57. The van der Waals surface area contributed by atoms with Gasteiger partial charge in [-0.1, -0.05) is 13.3 Å². The fourth-order valence-electron chi connectivity index (χ4n) is 4.66. The SMILES string of the molecule is CCCC1(N(C)C)CCC[Si](OC)(OC)C1(CN(C)C)OC. The van der Waals surface area contributed by atoms with Gasteiger partial charge in [0.05, 0.1) is 5.54 Å². The van der Waals surface area contributed by atoms with Crippen molar-refractivity contribution in [1.82, 2.24) is 9.80 Å². The number of hydrogen-bond acceptors (Lipinski definition) is 5. The van der Waals surface area contributed by atoms with Gasteiger partial charge in [-0.05, 0) is 53.5 Å². The van der Waals surface area contributed by atoms with Gasteiger partial charge in [-0.3, -0.25) is 0 Å². The van der Waals surface area contributed by atoms with Crippen LogP contribution in [0.5, 0.6) is 0 Å². The van der Waals surface area contributed by atoms with Gasteiger partial charge in [0.15, 0.2) is 0 Å². The van der Waals surface area contributed by atoms with Gasteiger partial charge in [0, 0.05) is 27.9 Å². The highest BCUT2D eigenvalue weighted by Gasteiger charge is 2.70. The van der Waals surface area contributed by atoms with E-state index >= 15 is 0 Å². The molecule has 0 bridgehead atoms. The molecule has 0 spiro atoms. The molecule has 5 nitrogen and oxygen atoms in total. The number of ether oxygens (including phenoxy) is 1. The smallest absolute Gasteiger partial charge is 0.374 e. The number of nitrogens with zero attached hydrogens (tertiary/aromatic N) is 2. The van der Waals surface area contributed by atoms with Crippen molar-refractivity contribution >= 4 is 8.56 Å².